The first-order valence-electron chi connectivity index (χ1n) is 7.50. The molecule has 6 nitrogen and oxygen atoms in total. The molecule has 0 aliphatic carbocycles. The first-order valence-corrected chi connectivity index (χ1v) is 8.98. The van der Waals surface area contributed by atoms with Crippen molar-refractivity contribution in [3.05, 3.63) is 23.9 Å². The molecular formula is C14H22N4O2S. The van der Waals surface area contributed by atoms with Gasteiger partial charge in [0.25, 0.3) is 10.0 Å². The van der Waals surface area contributed by atoms with Crippen LogP contribution in [0.3, 0.4) is 0 Å². The Hall–Kier alpha value is -1.02. The van der Waals surface area contributed by atoms with Crippen molar-refractivity contribution in [1.82, 2.24) is 14.6 Å². The highest BCUT2D eigenvalue weighted by Gasteiger charge is 2.33. The molecule has 2 aliphatic rings. The van der Waals surface area contributed by atoms with Gasteiger partial charge < -0.3 is 10.6 Å². The number of piperidine rings is 1. The SMILES string of the molecule is NCc1ccc(S(=O)(=O)NC2CCN3CCCC3C2)nc1. The molecule has 2 aliphatic heterocycles. The van der Waals surface area contributed by atoms with Gasteiger partial charge in [-0.3, -0.25) is 0 Å². The molecule has 116 valence electrons. The number of nitrogens with zero attached hydrogens (tertiary/aromatic N) is 2. The number of nitrogens with two attached hydrogens (primary N) is 1. The van der Waals surface area contributed by atoms with E-state index in [1.165, 1.54) is 25.1 Å². The second-order valence-electron chi connectivity index (χ2n) is 5.88. The molecule has 3 heterocycles. The van der Waals surface area contributed by atoms with Crippen molar-refractivity contribution in [2.75, 3.05) is 13.1 Å². The Balaban J connectivity index is 1.67. The maximum atomic E-state index is 12.4. The Morgan fingerprint density at radius 2 is 2.19 bits per heavy atom. The zero-order valence-corrected chi connectivity index (χ0v) is 12.8. The van der Waals surface area contributed by atoms with Gasteiger partial charge in [-0.1, -0.05) is 6.07 Å². The summed E-state index contributed by atoms with van der Waals surface area (Å²) in [6, 6.07) is 3.79. The molecular weight excluding hydrogens is 288 g/mol. The Kier molecular flexibility index (Phi) is 4.26. The molecule has 3 rings (SSSR count). The quantitative estimate of drug-likeness (QED) is 0.843. The van der Waals surface area contributed by atoms with E-state index in [1.54, 1.807) is 6.07 Å². The lowest BCUT2D eigenvalue weighted by Crippen LogP contribution is -2.47. The number of nitrogens with one attached hydrogen (secondary N) is 1. The van der Waals surface area contributed by atoms with Crippen molar-refractivity contribution in [2.24, 2.45) is 5.73 Å². The fourth-order valence-corrected chi connectivity index (χ4v) is 4.51. The number of rotatable bonds is 4. The number of hydrogen-bond acceptors (Lipinski definition) is 5. The summed E-state index contributed by atoms with van der Waals surface area (Å²) in [5.41, 5.74) is 6.33. The Bertz CT molecular complexity index is 587. The maximum Gasteiger partial charge on any atom is 0.258 e. The van der Waals surface area contributed by atoms with E-state index in [2.05, 4.69) is 14.6 Å². The highest BCUT2D eigenvalue weighted by atomic mass is 32.2. The minimum atomic E-state index is -3.53. The standard InChI is InChI=1S/C14H22N4O2S/c15-9-11-3-4-14(16-10-11)21(19,20)17-12-5-7-18-6-1-2-13(18)8-12/h3-4,10,12-13,17H,1-2,5-9,15H2. The highest BCUT2D eigenvalue weighted by molar-refractivity contribution is 7.89. The highest BCUT2D eigenvalue weighted by Crippen LogP contribution is 2.27. The third-order valence-electron chi connectivity index (χ3n) is 4.45. The van der Waals surface area contributed by atoms with Gasteiger partial charge in [0, 0.05) is 24.8 Å². The summed E-state index contributed by atoms with van der Waals surface area (Å²) in [5.74, 6) is 0. The second kappa shape index (κ2) is 6.00. The summed E-state index contributed by atoms with van der Waals surface area (Å²) >= 11 is 0. The van der Waals surface area contributed by atoms with Crippen LogP contribution in [0.15, 0.2) is 23.4 Å². The molecule has 1 aromatic heterocycles. The minimum Gasteiger partial charge on any atom is -0.326 e. The Labute approximate surface area is 125 Å². The van der Waals surface area contributed by atoms with Gasteiger partial charge in [-0.05, 0) is 50.4 Å². The first-order chi connectivity index (χ1) is 10.1. The van der Waals surface area contributed by atoms with E-state index in [-0.39, 0.29) is 11.1 Å². The average molecular weight is 310 g/mol. The van der Waals surface area contributed by atoms with Gasteiger partial charge in [0.1, 0.15) is 0 Å². The molecule has 0 bridgehead atoms. The lowest BCUT2D eigenvalue weighted by atomic mass is 9.99. The zero-order chi connectivity index (χ0) is 14.9. The van der Waals surface area contributed by atoms with Gasteiger partial charge >= 0.3 is 0 Å². The third kappa shape index (κ3) is 3.26. The normalized spacial score (nSPS) is 26.7. The number of sulfonamides is 1. The number of pyridine rings is 1. The first kappa shape index (κ1) is 14.9. The summed E-state index contributed by atoms with van der Waals surface area (Å²) in [6.45, 7) is 2.50. The van der Waals surface area contributed by atoms with Crippen LogP contribution in [0.5, 0.6) is 0 Å². The lowest BCUT2D eigenvalue weighted by Gasteiger charge is -2.34. The predicted molar refractivity (Wildman–Crippen MR) is 80.1 cm³/mol. The van der Waals surface area contributed by atoms with Gasteiger partial charge in [0.15, 0.2) is 5.03 Å². The minimum absolute atomic E-state index is 0.0188. The van der Waals surface area contributed by atoms with E-state index in [4.69, 9.17) is 5.73 Å². The van der Waals surface area contributed by atoms with E-state index in [9.17, 15) is 8.42 Å². The van der Waals surface area contributed by atoms with E-state index in [1.807, 2.05) is 0 Å². The van der Waals surface area contributed by atoms with E-state index in [0.717, 1.165) is 31.5 Å². The Morgan fingerprint density at radius 1 is 1.33 bits per heavy atom. The van der Waals surface area contributed by atoms with Crippen LogP contribution in [0.4, 0.5) is 0 Å². The van der Waals surface area contributed by atoms with Gasteiger partial charge in [0.05, 0.1) is 0 Å². The summed E-state index contributed by atoms with van der Waals surface area (Å²) in [7, 11) is -3.53. The monoisotopic (exact) mass is 310 g/mol. The van der Waals surface area contributed by atoms with E-state index in [0.29, 0.717) is 12.6 Å². The largest absolute Gasteiger partial charge is 0.326 e. The van der Waals surface area contributed by atoms with Crippen molar-refractivity contribution in [3.63, 3.8) is 0 Å². The fourth-order valence-electron chi connectivity index (χ4n) is 3.30. The van der Waals surface area contributed by atoms with Crippen molar-refractivity contribution >= 4 is 10.0 Å². The second-order valence-corrected chi connectivity index (χ2v) is 7.54. The summed E-state index contributed by atoms with van der Waals surface area (Å²) in [6.07, 6.45) is 5.71. The molecule has 0 saturated carbocycles. The molecule has 0 amide bonds. The molecule has 0 spiro atoms. The van der Waals surface area contributed by atoms with Crippen LogP contribution in [0.1, 0.15) is 31.2 Å². The Morgan fingerprint density at radius 3 is 2.90 bits per heavy atom. The molecule has 0 radical (unpaired) electrons. The molecule has 2 fully saturated rings. The van der Waals surface area contributed by atoms with Gasteiger partial charge in [-0.15, -0.1) is 0 Å². The van der Waals surface area contributed by atoms with E-state index >= 15 is 0 Å². The summed E-state index contributed by atoms with van der Waals surface area (Å²) in [5, 5.41) is 0.0774. The van der Waals surface area contributed by atoms with Gasteiger partial charge in [-0.25, -0.2) is 18.1 Å². The van der Waals surface area contributed by atoms with Crippen LogP contribution < -0.4 is 10.5 Å². The number of hydrogen-bond donors (Lipinski definition) is 2. The van der Waals surface area contributed by atoms with Crippen LogP contribution in [0, 0.1) is 0 Å². The summed E-state index contributed by atoms with van der Waals surface area (Å²) in [4.78, 5) is 6.48. The molecule has 2 unspecified atom stereocenters. The van der Waals surface area contributed by atoms with E-state index < -0.39 is 10.0 Å². The van der Waals surface area contributed by atoms with Crippen molar-refractivity contribution < 1.29 is 8.42 Å². The maximum absolute atomic E-state index is 12.4. The molecule has 21 heavy (non-hydrogen) atoms. The van der Waals surface area contributed by atoms with Gasteiger partial charge in [0.2, 0.25) is 0 Å². The van der Waals surface area contributed by atoms with Crippen molar-refractivity contribution in [3.8, 4) is 0 Å². The van der Waals surface area contributed by atoms with Gasteiger partial charge in [-0.2, -0.15) is 0 Å². The van der Waals surface area contributed by atoms with Crippen LogP contribution in [0.25, 0.3) is 0 Å². The number of fused-ring (bicyclic) bond motifs is 1. The number of aromatic nitrogens is 1. The average Bonchev–Trinajstić information content (AvgIpc) is 2.94. The van der Waals surface area contributed by atoms with Crippen molar-refractivity contribution in [2.45, 2.75) is 49.3 Å². The van der Waals surface area contributed by atoms with Crippen LogP contribution in [-0.4, -0.2) is 43.5 Å². The molecule has 7 heteroatoms. The van der Waals surface area contributed by atoms with Crippen LogP contribution in [-0.2, 0) is 16.6 Å². The molecule has 3 N–H and O–H groups in total. The fraction of sp³-hybridized carbons (Fsp3) is 0.643. The van der Waals surface area contributed by atoms with Crippen LogP contribution in [0.2, 0.25) is 0 Å². The van der Waals surface area contributed by atoms with Crippen LogP contribution >= 0.6 is 0 Å². The topological polar surface area (TPSA) is 88.3 Å². The molecule has 0 aromatic carbocycles. The third-order valence-corrected chi connectivity index (χ3v) is 5.89. The zero-order valence-electron chi connectivity index (χ0n) is 12.0. The molecule has 1 aromatic rings. The smallest absolute Gasteiger partial charge is 0.258 e. The molecule has 2 saturated heterocycles. The molecule has 2 atom stereocenters. The predicted octanol–water partition coefficient (Wildman–Crippen LogP) is 0.445. The van der Waals surface area contributed by atoms with Crippen molar-refractivity contribution in [1.29, 1.82) is 0 Å². The summed E-state index contributed by atoms with van der Waals surface area (Å²) < 4.78 is 27.6. The lowest BCUT2D eigenvalue weighted by molar-refractivity contribution is 0.176.